The van der Waals surface area contributed by atoms with E-state index in [9.17, 15) is 8.42 Å². The molecule has 0 atom stereocenters. The minimum atomic E-state index is -3.32. The van der Waals surface area contributed by atoms with Crippen LogP contribution in [-0.4, -0.2) is 20.8 Å². The molecule has 0 saturated carbocycles. The number of sulfonamides is 1. The Kier molecular flexibility index (Phi) is 6.11. The molecule has 1 aromatic rings. The molecule has 0 spiro atoms. The highest BCUT2D eigenvalue weighted by atomic mass is 79.9. The number of nitrogens with two attached hydrogens (primary N) is 1. The molecule has 0 bridgehead atoms. The summed E-state index contributed by atoms with van der Waals surface area (Å²) in [6.45, 7) is 2.57. The zero-order chi connectivity index (χ0) is 13.6. The highest BCUT2D eigenvalue weighted by Crippen LogP contribution is 2.23. The van der Waals surface area contributed by atoms with Gasteiger partial charge in [-0.05, 0) is 43.9 Å². The van der Waals surface area contributed by atoms with Gasteiger partial charge < -0.3 is 4.74 Å². The second-order valence-corrected chi connectivity index (χ2v) is 6.84. The van der Waals surface area contributed by atoms with Gasteiger partial charge in [0.15, 0.2) is 0 Å². The Morgan fingerprint density at radius 1 is 1.28 bits per heavy atom. The van der Waals surface area contributed by atoms with Gasteiger partial charge in [0.05, 0.1) is 12.4 Å². The number of benzene rings is 1. The Hall–Kier alpha value is -0.590. The summed E-state index contributed by atoms with van der Waals surface area (Å²) in [7, 11) is -3.32. The van der Waals surface area contributed by atoms with Crippen molar-refractivity contribution in [3.8, 4) is 5.75 Å². The molecule has 0 aliphatic carbocycles. The first-order chi connectivity index (χ1) is 8.38. The summed E-state index contributed by atoms with van der Waals surface area (Å²) in [4.78, 5) is 0. The molecule has 4 nitrogen and oxygen atoms in total. The van der Waals surface area contributed by atoms with E-state index in [0.717, 1.165) is 28.6 Å². The Morgan fingerprint density at radius 2 is 2.00 bits per heavy atom. The van der Waals surface area contributed by atoms with Crippen LogP contribution in [0.5, 0.6) is 5.75 Å². The van der Waals surface area contributed by atoms with Crippen LogP contribution < -0.4 is 9.88 Å². The summed E-state index contributed by atoms with van der Waals surface area (Å²) >= 11 is 3.39. The van der Waals surface area contributed by atoms with Crippen molar-refractivity contribution in [2.24, 2.45) is 5.14 Å². The monoisotopic (exact) mass is 335 g/mol. The normalized spacial score (nSPS) is 11.5. The minimum absolute atomic E-state index is 0.0446. The first-order valence-electron chi connectivity index (χ1n) is 5.78. The lowest BCUT2D eigenvalue weighted by molar-refractivity contribution is 0.304. The molecule has 0 radical (unpaired) electrons. The molecule has 0 aliphatic heterocycles. The lowest BCUT2D eigenvalue weighted by Crippen LogP contribution is -2.16. The maximum atomic E-state index is 10.7. The Morgan fingerprint density at radius 3 is 2.67 bits per heavy atom. The number of halogens is 1. The highest BCUT2D eigenvalue weighted by Gasteiger charge is 2.03. The van der Waals surface area contributed by atoms with E-state index >= 15 is 0 Å². The smallest absolute Gasteiger partial charge is 0.209 e. The van der Waals surface area contributed by atoms with E-state index in [1.54, 1.807) is 0 Å². The Labute approximate surface area is 117 Å². The van der Waals surface area contributed by atoms with Gasteiger partial charge >= 0.3 is 0 Å². The van der Waals surface area contributed by atoms with E-state index < -0.39 is 10.0 Å². The molecule has 0 fully saturated rings. The van der Waals surface area contributed by atoms with Crippen LogP contribution in [0.1, 0.15) is 24.8 Å². The van der Waals surface area contributed by atoms with Gasteiger partial charge in [0.1, 0.15) is 5.75 Å². The average Bonchev–Trinajstić information content (AvgIpc) is 2.26. The van der Waals surface area contributed by atoms with Crippen LogP contribution in [0.4, 0.5) is 0 Å². The Bertz CT molecular complexity index is 488. The Balaban J connectivity index is 2.24. The number of hydrogen-bond acceptors (Lipinski definition) is 3. The van der Waals surface area contributed by atoms with Gasteiger partial charge in [0.2, 0.25) is 10.0 Å². The molecule has 18 heavy (non-hydrogen) atoms. The van der Waals surface area contributed by atoms with Crippen molar-refractivity contribution in [3.63, 3.8) is 0 Å². The van der Waals surface area contributed by atoms with Gasteiger partial charge in [-0.1, -0.05) is 22.0 Å². The lowest BCUT2D eigenvalue weighted by atomic mass is 10.2. The van der Waals surface area contributed by atoms with Gasteiger partial charge in [-0.2, -0.15) is 0 Å². The molecule has 6 heteroatoms. The van der Waals surface area contributed by atoms with E-state index in [4.69, 9.17) is 9.88 Å². The van der Waals surface area contributed by atoms with Gasteiger partial charge in [0.25, 0.3) is 0 Å². The molecule has 0 aromatic heterocycles. The maximum Gasteiger partial charge on any atom is 0.209 e. The van der Waals surface area contributed by atoms with E-state index in [1.807, 2.05) is 25.1 Å². The van der Waals surface area contributed by atoms with Crippen LogP contribution in [0.3, 0.4) is 0 Å². The number of rotatable bonds is 7. The van der Waals surface area contributed by atoms with Crippen molar-refractivity contribution < 1.29 is 13.2 Å². The first kappa shape index (κ1) is 15.5. The third-order valence-electron chi connectivity index (χ3n) is 2.48. The van der Waals surface area contributed by atoms with Gasteiger partial charge in [0, 0.05) is 4.47 Å². The second-order valence-electron chi connectivity index (χ2n) is 4.19. The fourth-order valence-corrected chi connectivity index (χ4v) is 2.44. The average molecular weight is 336 g/mol. The predicted octanol–water partition coefficient (Wildman–Crippen LogP) is 2.60. The van der Waals surface area contributed by atoms with Crippen LogP contribution in [0, 0.1) is 6.92 Å². The molecule has 0 saturated heterocycles. The second kappa shape index (κ2) is 7.11. The number of aryl methyl sites for hydroxylation is 1. The molecule has 1 aromatic carbocycles. The van der Waals surface area contributed by atoms with E-state index in [0.29, 0.717) is 13.0 Å². The standard InChI is InChI=1S/C12H18BrNO3S/c1-10-5-6-11(13)9-12(10)17-7-3-2-4-8-18(14,15)16/h5-6,9H,2-4,7-8H2,1H3,(H2,14,15,16). The van der Waals surface area contributed by atoms with Crippen LogP contribution in [0.15, 0.2) is 22.7 Å². The van der Waals surface area contributed by atoms with Crippen LogP contribution in [0.25, 0.3) is 0 Å². The lowest BCUT2D eigenvalue weighted by Gasteiger charge is -2.09. The minimum Gasteiger partial charge on any atom is -0.493 e. The summed E-state index contributed by atoms with van der Waals surface area (Å²) < 4.78 is 28.0. The largest absolute Gasteiger partial charge is 0.493 e. The predicted molar refractivity (Wildman–Crippen MR) is 76.2 cm³/mol. The van der Waals surface area contributed by atoms with Gasteiger partial charge in [-0.15, -0.1) is 0 Å². The fraction of sp³-hybridized carbons (Fsp3) is 0.500. The van der Waals surface area contributed by atoms with Crippen LogP contribution in [0.2, 0.25) is 0 Å². The molecule has 0 heterocycles. The van der Waals surface area contributed by atoms with Gasteiger partial charge in [-0.3, -0.25) is 0 Å². The number of ether oxygens (including phenoxy) is 1. The zero-order valence-electron chi connectivity index (χ0n) is 10.4. The zero-order valence-corrected chi connectivity index (χ0v) is 12.8. The molecular formula is C12H18BrNO3S. The van der Waals surface area contributed by atoms with E-state index in [2.05, 4.69) is 15.9 Å². The van der Waals surface area contributed by atoms with Crippen molar-refractivity contribution in [1.82, 2.24) is 0 Å². The van der Waals surface area contributed by atoms with Crippen molar-refractivity contribution in [3.05, 3.63) is 28.2 Å². The number of hydrogen-bond donors (Lipinski definition) is 1. The fourth-order valence-electron chi connectivity index (χ4n) is 1.49. The van der Waals surface area contributed by atoms with Crippen molar-refractivity contribution in [2.45, 2.75) is 26.2 Å². The van der Waals surface area contributed by atoms with Crippen molar-refractivity contribution in [1.29, 1.82) is 0 Å². The SMILES string of the molecule is Cc1ccc(Br)cc1OCCCCCS(N)(=O)=O. The highest BCUT2D eigenvalue weighted by molar-refractivity contribution is 9.10. The molecule has 0 unspecified atom stereocenters. The van der Waals surface area contributed by atoms with Gasteiger partial charge in [-0.25, -0.2) is 13.6 Å². The molecule has 0 amide bonds. The third kappa shape index (κ3) is 6.37. The van der Waals surface area contributed by atoms with Crippen LogP contribution in [-0.2, 0) is 10.0 Å². The van der Waals surface area contributed by atoms with Crippen LogP contribution >= 0.6 is 15.9 Å². The molecule has 2 N–H and O–H groups in total. The summed E-state index contributed by atoms with van der Waals surface area (Å²) in [5, 5.41) is 4.91. The quantitative estimate of drug-likeness (QED) is 0.778. The van der Waals surface area contributed by atoms with Crippen molar-refractivity contribution >= 4 is 26.0 Å². The third-order valence-corrected chi connectivity index (χ3v) is 3.83. The summed E-state index contributed by atoms with van der Waals surface area (Å²) in [6, 6.07) is 5.88. The number of unbranched alkanes of at least 4 members (excludes halogenated alkanes) is 2. The van der Waals surface area contributed by atoms with E-state index in [1.165, 1.54) is 0 Å². The maximum absolute atomic E-state index is 10.7. The first-order valence-corrected chi connectivity index (χ1v) is 8.29. The van der Waals surface area contributed by atoms with Crippen molar-refractivity contribution in [2.75, 3.05) is 12.4 Å². The molecule has 0 aliphatic rings. The molecular weight excluding hydrogens is 318 g/mol. The molecule has 102 valence electrons. The summed E-state index contributed by atoms with van der Waals surface area (Å²) in [5.41, 5.74) is 1.09. The molecule has 1 rings (SSSR count). The topological polar surface area (TPSA) is 69.4 Å². The number of primary sulfonamides is 1. The van der Waals surface area contributed by atoms with E-state index in [-0.39, 0.29) is 5.75 Å². The summed E-state index contributed by atoms with van der Waals surface area (Å²) in [6.07, 6.45) is 2.20. The summed E-state index contributed by atoms with van der Waals surface area (Å²) in [5.74, 6) is 0.902.